The van der Waals surface area contributed by atoms with Gasteiger partial charge in [0.05, 0.1) is 24.1 Å². The normalized spacial score (nSPS) is 10.3. The van der Waals surface area contributed by atoms with Gasteiger partial charge in [-0.3, -0.25) is 0 Å². The van der Waals surface area contributed by atoms with Gasteiger partial charge in [0, 0.05) is 7.05 Å². The van der Waals surface area contributed by atoms with E-state index in [1.807, 2.05) is 50.1 Å². The molecule has 0 bridgehead atoms. The van der Waals surface area contributed by atoms with Crippen molar-refractivity contribution in [3.8, 4) is 5.75 Å². The van der Waals surface area contributed by atoms with Crippen LogP contribution in [0.2, 0.25) is 0 Å². The summed E-state index contributed by atoms with van der Waals surface area (Å²) in [6.07, 6.45) is 0. The molecule has 0 radical (unpaired) electrons. The van der Waals surface area contributed by atoms with Crippen molar-refractivity contribution in [3.05, 3.63) is 41.1 Å². The Kier molecular flexibility index (Phi) is 4.37. The minimum absolute atomic E-state index is 0.308. The first-order valence-corrected chi connectivity index (χ1v) is 6.88. The Balaban J connectivity index is 2.61. The summed E-state index contributed by atoms with van der Waals surface area (Å²) >= 11 is 5.18. The van der Waals surface area contributed by atoms with Crippen molar-refractivity contribution in [2.24, 2.45) is 5.73 Å². The number of hydrogen-bond donors (Lipinski definition) is 1. The molecule has 0 saturated carbocycles. The second-order valence-electron chi connectivity index (χ2n) is 4.70. The summed E-state index contributed by atoms with van der Waals surface area (Å²) in [6.45, 7) is 3.83. The van der Waals surface area contributed by atoms with E-state index in [1.165, 1.54) is 0 Å². The van der Waals surface area contributed by atoms with Gasteiger partial charge < -0.3 is 15.4 Å². The van der Waals surface area contributed by atoms with Gasteiger partial charge in [-0.2, -0.15) is 5.10 Å². The molecule has 0 aliphatic carbocycles. The second-order valence-corrected chi connectivity index (χ2v) is 5.14. The lowest BCUT2D eigenvalue weighted by Gasteiger charge is -2.23. The topological polar surface area (TPSA) is 64.3 Å². The number of hydrogen-bond acceptors (Lipinski definition) is 5. The van der Waals surface area contributed by atoms with Crippen LogP contribution in [0.25, 0.3) is 0 Å². The third-order valence-corrected chi connectivity index (χ3v) is 3.65. The minimum Gasteiger partial charge on any atom is -0.495 e. The zero-order valence-corrected chi connectivity index (χ0v) is 13.4. The Morgan fingerprint density at radius 1 is 1.24 bits per heavy atom. The summed E-state index contributed by atoms with van der Waals surface area (Å²) in [5.74, 6) is 1.36. The van der Waals surface area contributed by atoms with Crippen molar-refractivity contribution in [1.29, 1.82) is 0 Å². The first-order chi connectivity index (χ1) is 9.97. The zero-order chi connectivity index (χ0) is 15.6. The average molecular weight is 302 g/mol. The molecule has 1 aromatic heterocycles. The van der Waals surface area contributed by atoms with Crippen molar-refractivity contribution in [2.45, 2.75) is 13.8 Å². The van der Waals surface area contributed by atoms with Crippen LogP contribution in [0.1, 0.15) is 16.8 Å². The number of anilines is 2. The van der Waals surface area contributed by atoms with Crippen LogP contribution in [0.15, 0.2) is 24.3 Å². The minimum atomic E-state index is 0.308. The molecule has 0 aliphatic heterocycles. The van der Waals surface area contributed by atoms with E-state index in [0.29, 0.717) is 10.8 Å². The molecule has 2 N–H and O–H groups in total. The van der Waals surface area contributed by atoms with Gasteiger partial charge in [-0.25, -0.2) is 0 Å². The molecule has 0 spiro atoms. The molecule has 0 fully saturated rings. The molecule has 1 aromatic carbocycles. The Labute approximate surface area is 129 Å². The first kappa shape index (κ1) is 15.2. The largest absolute Gasteiger partial charge is 0.495 e. The molecule has 1 heterocycles. The summed E-state index contributed by atoms with van der Waals surface area (Å²) in [6, 6.07) is 7.68. The highest BCUT2D eigenvalue weighted by Crippen LogP contribution is 2.33. The van der Waals surface area contributed by atoms with Crippen LogP contribution >= 0.6 is 12.2 Å². The van der Waals surface area contributed by atoms with E-state index in [4.69, 9.17) is 22.7 Å². The number of methoxy groups -OCH3 is 1. The van der Waals surface area contributed by atoms with Gasteiger partial charge in [-0.15, -0.1) is 5.10 Å². The van der Waals surface area contributed by atoms with Gasteiger partial charge >= 0.3 is 0 Å². The highest BCUT2D eigenvalue weighted by atomic mass is 32.1. The fraction of sp³-hybridized carbons (Fsp3) is 0.267. The van der Waals surface area contributed by atoms with Gasteiger partial charge in [-0.05, 0) is 31.5 Å². The van der Waals surface area contributed by atoms with Crippen LogP contribution in [-0.4, -0.2) is 29.3 Å². The number of thiocarbonyl (C=S) groups is 1. The summed E-state index contributed by atoms with van der Waals surface area (Å²) in [5.41, 5.74) is 9.24. The predicted octanol–water partition coefficient (Wildman–Crippen LogP) is 2.50. The highest BCUT2D eigenvalue weighted by Gasteiger charge is 2.19. The molecule has 0 saturated heterocycles. The van der Waals surface area contributed by atoms with Gasteiger partial charge in [0.15, 0.2) is 5.82 Å². The molecule has 5 nitrogen and oxygen atoms in total. The molecule has 0 aliphatic rings. The molecule has 21 heavy (non-hydrogen) atoms. The number of ether oxygens (including phenoxy) is 1. The first-order valence-electron chi connectivity index (χ1n) is 6.47. The number of para-hydroxylation sites is 2. The number of aromatic nitrogens is 2. The van der Waals surface area contributed by atoms with Crippen molar-refractivity contribution >= 4 is 28.7 Å². The molecule has 6 heteroatoms. The van der Waals surface area contributed by atoms with Crippen LogP contribution in [0.3, 0.4) is 0 Å². The maximum atomic E-state index is 5.88. The van der Waals surface area contributed by atoms with E-state index in [-0.39, 0.29) is 0 Å². The van der Waals surface area contributed by atoms with E-state index in [2.05, 4.69) is 10.2 Å². The van der Waals surface area contributed by atoms with E-state index < -0.39 is 0 Å². The highest BCUT2D eigenvalue weighted by molar-refractivity contribution is 7.80. The Hall–Kier alpha value is -2.21. The zero-order valence-electron chi connectivity index (χ0n) is 12.5. The second kappa shape index (κ2) is 6.05. The maximum absolute atomic E-state index is 5.88. The third-order valence-electron chi connectivity index (χ3n) is 3.45. The molecule has 0 amide bonds. The van der Waals surface area contributed by atoms with Gasteiger partial charge in [0.2, 0.25) is 0 Å². The van der Waals surface area contributed by atoms with E-state index >= 15 is 0 Å². The lowest BCUT2D eigenvalue weighted by molar-refractivity contribution is 0.415. The average Bonchev–Trinajstić information content (AvgIpc) is 2.48. The molecule has 0 atom stereocenters. The van der Waals surface area contributed by atoms with Crippen LogP contribution in [0, 0.1) is 13.8 Å². The maximum Gasteiger partial charge on any atom is 0.166 e. The SMILES string of the molecule is COc1ccccc1N(C)c1nnc(C)c(C)c1C(N)=S. The van der Waals surface area contributed by atoms with Crippen LogP contribution in [-0.2, 0) is 0 Å². The van der Waals surface area contributed by atoms with Crippen LogP contribution in [0.4, 0.5) is 11.5 Å². The number of rotatable bonds is 4. The summed E-state index contributed by atoms with van der Waals surface area (Å²) < 4.78 is 5.39. The smallest absolute Gasteiger partial charge is 0.166 e. The Morgan fingerprint density at radius 3 is 2.52 bits per heavy atom. The summed E-state index contributed by atoms with van der Waals surface area (Å²) in [7, 11) is 3.52. The van der Waals surface area contributed by atoms with E-state index in [1.54, 1.807) is 7.11 Å². The van der Waals surface area contributed by atoms with Crippen LogP contribution < -0.4 is 15.4 Å². The fourth-order valence-corrected chi connectivity index (χ4v) is 2.39. The Bertz CT molecular complexity index is 687. The number of nitrogens with two attached hydrogens (primary N) is 1. The molecule has 110 valence electrons. The monoisotopic (exact) mass is 302 g/mol. The quantitative estimate of drug-likeness (QED) is 0.876. The predicted molar refractivity (Wildman–Crippen MR) is 88.5 cm³/mol. The van der Waals surface area contributed by atoms with Gasteiger partial charge in [0.1, 0.15) is 10.7 Å². The molecular weight excluding hydrogens is 284 g/mol. The van der Waals surface area contributed by atoms with Gasteiger partial charge in [-0.1, -0.05) is 24.4 Å². The van der Waals surface area contributed by atoms with Crippen LogP contribution in [0.5, 0.6) is 5.75 Å². The van der Waals surface area contributed by atoms with E-state index in [9.17, 15) is 0 Å². The fourth-order valence-electron chi connectivity index (χ4n) is 2.15. The number of nitrogens with zero attached hydrogens (tertiary/aromatic N) is 3. The number of benzene rings is 1. The van der Waals surface area contributed by atoms with E-state index in [0.717, 1.165) is 28.3 Å². The molecule has 2 aromatic rings. The molecule has 0 unspecified atom stereocenters. The van der Waals surface area contributed by atoms with Crippen molar-refractivity contribution in [3.63, 3.8) is 0 Å². The lowest BCUT2D eigenvalue weighted by Crippen LogP contribution is -2.22. The Morgan fingerprint density at radius 2 is 1.90 bits per heavy atom. The lowest BCUT2D eigenvalue weighted by atomic mass is 10.1. The van der Waals surface area contributed by atoms with Crippen molar-refractivity contribution in [2.75, 3.05) is 19.1 Å². The summed E-state index contributed by atoms with van der Waals surface area (Å²) in [4.78, 5) is 2.19. The summed E-state index contributed by atoms with van der Waals surface area (Å²) in [5, 5.41) is 8.44. The molecule has 2 rings (SSSR count). The number of aryl methyl sites for hydroxylation is 1. The van der Waals surface area contributed by atoms with Gasteiger partial charge in [0.25, 0.3) is 0 Å². The molecular formula is C15H18N4OS. The standard InChI is InChI=1S/C15H18N4OS/c1-9-10(2)17-18-15(13(9)14(16)21)19(3)11-7-5-6-8-12(11)20-4/h5-8H,1-4H3,(H2,16,21). The van der Waals surface area contributed by atoms with Crippen molar-refractivity contribution in [1.82, 2.24) is 10.2 Å². The van der Waals surface area contributed by atoms with Crippen molar-refractivity contribution < 1.29 is 4.74 Å². The third kappa shape index (κ3) is 2.80.